The number of amides is 3. The molecule has 5 atom stereocenters. The van der Waals surface area contributed by atoms with Crippen molar-refractivity contribution in [3.63, 3.8) is 0 Å². The minimum Gasteiger partial charge on any atom is -0.340 e. The van der Waals surface area contributed by atoms with Crippen LogP contribution in [-0.2, 0) is 19.8 Å². The van der Waals surface area contributed by atoms with Crippen molar-refractivity contribution in [3.8, 4) is 0 Å². The second-order valence-corrected chi connectivity index (χ2v) is 15.6. The van der Waals surface area contributed by atoms with Gasteiger partial charge in [0.05, 0.1) is 4.88 Å². The van der Waals surface area contributed by atoms with Crippen LogP contribution in [0.1, 0.15) is 64.4 Å². The van der Waals surface area contributed by atoms with E-state index in [-0.39, 0.29) is 34.0 Å². The molecule has 7 rings (SSSR count). The van der Waals surface area contributed by atoms with Crippen molar-refractivity contribution in [2.45, 2.75) is 68.7 Å². The maximum atomic E-state index is 14.3. The highest BCUT2D eigenvalue weighted by molar-refractivity contribution is 7.52. The molecule has 5 heterocycles. The van der Waals surface area contributed by atoms with E-state index < -0.39 is 36.8 Å². The van der Waals surface area contributed by atoms with Crippen LogP contribution >= 0.6 is 18.9 Å². The molecule has 0 spiro atoms. The van der Waals surface area contributed by atoms with Crippen LogP contribution < -0.4 is 5.32 Å². The van der Waals surface area contributed by atoms with Gasteiger partial charge in [-0.1, -0.05) is 6.07 Å². The van der Waals surface area contributed by atoms with Crippen molar-refractivity contribution in [1.29, 1.82) is 0 Å². The Kier molecular flexibility index (Phi) is 7.39. The second-order valence-electron chi connectivity index (χ2n) is 12.9. The summed E-state index contributed by atoms with van der Waals surface area (Å²) in [5.74, 6) is 0.108. The van der Waals surface area contributed by atoms with Crippen LogP contribution in [0.3, 0.4) is 0 Å². The first-order valence-electron chi connectivity index (χ1n) is 15.1. The first-order chi connectivity index (χ1) is 21.3. The second kappa shape index (κ2) is 10.9. The Balaban J connectivity index is 1.08. The van der Waals surface area contributed by atoms with E-state index in [9.17, 15) is 27.7 Å². The smallest absolute Gasteiger partial charge is 0.340 e. The molecular formula is C31H33F2N4O6PS. The van der Waals surface area contributed by atoms with Gasteiger partial charge in [0, 0.05) is 47.7 Å². The van der Waals surface area contributed by atoms with Gasteiger partial charge in [-0.15, -0.1) is 11.3 Å². The average Bonchev–Trinajstić information content (AvgIpc) is 3.34. The van der Waals surface area contributed by atoms with Gasteiger partial charge >= 0.3 is 13.3 Å². The van der Waals surface area contributed by atoms with Crippen LogP contribution in [-0.4, -0.2) is 73.5 Å². The number of aromatic nitrogens is 1. The molecule has 45 heavy (non-hydrogen) atoms. The van der Waals surface area contributed by atoms with Gasteiger partial charge in [0.25, 0.3) is 5.91 Å². The number of likely N-dealkylation sites (tertiary alicyclic amines) is 1. The zero-order valence-electron chi connectivity index (χ0n) is 24.4. The van der Waals surface area contributed by atoms with Gasteiger partial charge < -0.3 is 24.9 Å². The minimum atomic E-state index is -5.75. The zero-order valence-corrected chi connectivity index (χ0v) is 26.1. The predicted molar refractivity (Wildman–Crippen MR) is 162 cm³/mol. The van der Waals surface area contributed by atoms with Crippen molar-refractivity contribution < 1.29 is 37.5 Å². The quantitative estimate of drug-likeness (QED) is 0.335. The Hall–Kier alpha value is -3.25. The van der Waals surface area contributed by atoms with Gasteiger partial charge in [0.2, 0.25) is 11.8 Å². The summed E-state index contributed by atoms with van der Waals surface area (Å²) in [4.78, 5) is 67.4. The molecule has 3 aliphatic heterocycles. The first kappa shape index (κ1) is 30.4. The molecule has 3 saturated heterocycles. The Morgan fingerprint density at radius 2 is 1.84 bits per heavy atom. The third kappa shape index (κ3) is 5.37. The molecule has 10 nitrogen and oxygen atoms in total. The van der Waals surface area contributed by atoms with Gasteiger partial charge in [-0.25, -0.2) is 0 Å². The monoisotopic (exact) mass is 658 g/mol. The summed E-state index contributed by atoms with van der Waals surface area (Å²) in [7, 11) is -5.75. The number of benzene rings is 1. The molecule has 1 saturated carbocycles. The largest absolute Gasteiger partial charge is 0.399 e. The fourth-order valence-electron chi connectivity index (χ4n) is 7.34. The molecule has 1 aromatic carbocycles. The lowest BCUT2D eigenvalue weighted by Crippen LogP contribution is -2.59. The highest BCUT2D eigenvalue weighted by Gasteiger charge is 2.53. The molecular weight excluding hydrogens is 625 g/mol. The molecule has 0 bridgehead atoms. The van der Waals surface area contributed by atoms with E-state index in [1.807, 2.05) is 24.1 Å². The lowest BCUT2D eigenvalue weighted by molar-refractivity contribution is -0.149. The summed E-state index contributed by atoms with van der Waals surface area (Å²) in [5, 5.41) is 3.12. The molecule has 2 aromatic heterocycles. The highest BCUT2D eigenvalue weighted by atomic mass is 32.1. The molecule has 238 valence electrons. The minimum absolute atomic E-state index is 0.0581. The van der Waals surface area contributed by atoms with Crippen molar-refractivity contribution in [2.24, 2.45) is 11.8 Å². The van der Waals surface area contributed by atoms with Crippen molar-refractivity contribution in [1.82, 2.24) is 20.1 Å². The number of halogens is 2. The fraction of sp³-hybridized carbons (Fsp3) is 0.484. The van der Waals surface area contributed by atoms with Crippen LogP contribution in [0.15, 0.2) is 42.7 Å². The van der Waals surface area contributed by atoms with Crippen molar-refractivity contribution in [3.05, 3.63) is 64.3 Å². The molecule has 3 amide bonds. The van der Waals surface area contributed by atoms with Gasteiger partial charge in [0.15, 0.2) is 0 Å². The lowest BCUT2D eigenvalue weighted by Gasteiger charge is -2.43. The Bertz CT molecular complexity index is 1760. The first-order valence-corrected chi connectivity index (χ1v) is 17.5. The number of alkyl halides is 2. The van der Waals surface area contributed by atoms with Gasteiger partial charge in [-0.05, 0) is 91.6 Å². The molecule has 14 heteroatoms. The number of hydrogen-bond donors (Lipinski definition) is 3. The van der Waals surface area contributed by atoms with Crippen LogP contribution in [0.4, 0.5) is 8.78 Å². The van der Waals surface area contributed by atoms with E-state index in [1.54, 1.807) is 11.1 Å². The van der Waals surface area contributed by atoms with Crippen LogP contribution in [0.2, 0.25) is 0 Å². The Morgan fingerprint density at radius 1 is 1.09 bits per heavy atom. The number of carbonyl (C=O) groups excluding carboxylic acids is 3. The van der Waals surface area contributed by atoms with Gasteiger partial charge in [-0.2, -0.15) is 8.78 Å². The van der Waals surface area contributed by atoms with Crippen LogP contribution in [0.5, 0.6) is 0 Å². The molecule has 4 fully saturated rings. The molecule has 0 unspecified atom stereocenters. The van der Waals surface area contributed by atoms with Crippen molar-refractivity contribution in [2.75, 3.05) is 13.1 Å². The fourth-order valence-corrected chi connectivity index (χ4v) is 8.76. The normalized spacial score (nSPS) is 27.0. The summed E-state index contributed by atoms with van der Waals surface area (Å²) in [5.41, 5.74) is -2.95. The van der Waals surface area contributed by atoms with Gasteiger partial charge in [0.1, 0.15) is 12.1 Å². The maximum absolute atomic E-state index is 14.3. The standard InChI is InChI=1S/C31H33F2N4O6PS/c1-16-6-7-34-13-23(16)20-14-36(15-20)30(40)25-4-3-22-10-17-8-18(17)11-24(29(39)37(22)25)35-28(38)27-12-19-9-21(2-5-26(19)45-27)31(32,33)44(41,42)43/h2,5-7,9,12-13,17-18,20,22,24-25H,3-4,8,10-11,14-15H2,1H3,(H,35,38)(H2,41,42,43)/t17-,18+,22+,24-,25-/m0/s1. The number of nitrogens with one attached hydrogen (secondary N) is 1. The summed E-state index contributed by atoms with van der Waals surface area (Å²) in [6, 6.07) is 5.09. The number of hydrogen-bond acceptors (Lipinski definition) is 6. The summed E-state index contributed by atoms with van der Waals surface area (Å²) in [6.45, 7) is 3.18. The zero-order chi connectivity index (χ0) is 31.8. The molecule has 1 aliphatic carbocycles. The Labute approximate surface area is 262 Å². The van der Waals surface area contributed by atoms with Crippen LogP contribution in [0, 0.1) is 18.8 Å². The number of fused-ring (bicyclic) bond motifs is 3. The summed E-state index contributed by atoms with van der Waals surface area (Å²) < 4.78 is 40.4. The highest BCUT2D eigenvalue weighted by Crippen LogP contribution is 2.59. The van der Waals surface area contributed by atoms with Gasteiger partial charge in [-0.3, -0.25) is 23.9 Å². The van der Waals surface area contributed by atoms with E-state index in [2.05, 4.69) is 10.3 Å². The third-order valence-electron chi connectivity index (χ3n) is 9.99. The number of pyridine rings is 1. The molecule has 0 radical (unpaired) electrons. The number of nitrogens with zero attached hydrogens (tertiary/aromatic N) is 3. The maximum Gasteiger partial charge on any atom is 0.399 e. The number of thiophene rings is 1. The van der Waals surface area contributed by atoms with E-state index in [4.69, 9.17) is 9.79 Å². The van der Waals surface area contributed by atoms with E-state index in [0.717, 1.165) is 53.9 Å². The average molecular weight is 659 g/mol. The Morgan fingerprint density at radius 3 is 2.58 bits per heavy atom. The number of rotatable bonds is 6. The summed E-state index contributed by atoms with van der Waals surface area (Å²) >= 11 is 1.04. The van der Waals surface area contributed by atoms with E-state index in [0.29, 0.717) is 42.5 Å². The third-order valence-corrected chi connectivity index (χ3v) is 12.1. The number of aryl methyl sites for hydroxylation is 1. The lowest BCUT2D eigenvalue weighted by atomic mass is 9.89. The van der Waals surface area contributed by atoms with E-state index in [1.165, 1.54) is 12.1 Å². The molecule has 3 aromatic rings. The number of carbonyl (C=O) groups is 3. The summed E-state index contributed by atoms with van der Waals surface area (Å²) in [6.07, 6.45) is 7.22. The van der Waals surface area contributed by atoms with E-state index >= 15 is 0 Å². The topological polar surface area (TPSA) is 140 Å². The molecule has 3 N–H and O–H groups in total. The molecule has 4 aliphatic rings. The van der Waals surface area contributed by atoms with Crippen LogP contribution in [0.25, 0.3) is 10.1 Å². The predicted octanol–water partition coefficient (Wildman–Crippen LogP) is 4.35. The SMILES string of the molecule is Cc1ccncc1C1CN(C(=O)[C@@H]2CC[C@@H]3C[C@@H]4C[C@@H]4C[C@H](NC(=O)c4cc5cc(C(F)(F)P(=O)(O)O)ccc5s4)C(=O)N32)C1. The van der Waals surface area contributed by atoms with Crippen molar-refractivity contribution >= 4 is 46.7 Å².